The Balaban J connectivity index is 1.71. The number of nitrogens with zero attached hydrogens (tertiary/aromatic N) is 3. The van der Waals surface area contributed by atoms with Gasteiger partial charge < -0.3 is 5.11 Å². The van der Waals surface area contributed by atoms with E-state index in [0.717, 1.165) is 36.8 Å². The van der Waals surface area contributed by atoms with Crippen molar-refractivity contribution in [2.75, 3.05) is 11.5 Å². The first-order valence-corrected chi connectivity index (χ1v) is 7.15. The molecule has 1 N–H and O–H groups in total. The molecule has 0 bridgehead atoms. The van der Waals surface area contributed by atoms with Crippen LogP contribution < -0.4 is 0 Å². The number of aliphatic hydroxyl groups is 1. The van der Waals surface area contributed by atoms with Gasteiger partial charge in [-0.15, -0.1) is 0 Å². The maximum atomic E-state index is 9.56. The van der Waals surface area contributed by atoms with Crippen LogP contribution in [-0.2, 0) is 19.4 Å². The summed E-state index contributed by atoms with van der Waals surface area (Å²) in [6.45, 7) is 0.627. The third-order valence-corrected chi connectivity index (χ3v) is 4.60. The lowest BCUT2D eigenvalue weighted by molar-refractivity contribution is 0.124. The lowest BCUT2D eigenvalue weighted by Gasteiger charge is -2.16. The molecular weight excluding hydrogens is 222 g/mol. The summed E-state index contributed by atoms with van der Waals surface area (Å²) in [6, 6.07) is 0. The molecule has 2 aliphatic heterocycles. The van der Waals surface area contributed by atoms with Crippen LogP contribution in [-0.4, -0.2) is 37.5 Å². The molecule has 16 heavy (non-hydrogen) atoms. The topological polar surface area (TPSA) is 50.9 Å². The molecule has 4 nitrogen and oxygen atoms in total. The van der Waals surface area contributed by atoms with Gasteiger partial charge in [0.05, 0.1) is 12.6 Å². The Labute approximate surface area is 99.4 Å². The van der Waals surface area contributed by atoms with Gasteiger partial charge in [-0.2, -0.15) is 16.9 Å². The van der Waals surface area contributed by atoms with Crippen LogP contribution in [0.25, 0.3) is 0 Å². The molecule has 0 aromatic carbocycles. The standard InChI is InChI=1S/C11H17N3OS/c15-9-1-2-11-12-10(13-14(11)6-9)5-8-3-4-16-7-8/h8-9,15H,1-7H2. The van der Waals surface area contributed by atoms with Crippen molar-refractivity contribution in [3.05, 3.63) is 11.6 Å². The number of aliphatic hydroxyl groups excluding tert-OH is 1. The Bertz CT molecular complexity index is 373. The second kappa shape index (κ2) is 4.37. The fraction of sp³-hybridized carbons (Fsp3) is 0.818. The fourth-order valence-corrected chi connectivity index (χ4v) is 3.72. The van der Waals surface area contributed by atoms with Crippen LogP contribution in [0.3, 0.4) is 0 Å². The lowest BCUT2D eigenvalue weighted by Crippen LogP contribution is -2.25. The smallest absolute Gasteiger partial charge is 0.151 e. The minimum Gasteiger partial charge on any atom is -0.391 e. The van der Waals surface area contributed by atoms with Gasteiger partial charge in [-0.05, 0) is 30.3 Å². The predicted octanol–water partition coefficient (Wildman–Crippen LogP) is 0.881. The first kappa shape index (κ1) is 10.6. The van der Waals surface area contributed by atoms with Crippen molar-refractivity contribution >= 4 is 11.8 Å². The van der Waals surface area contributed by atoms with Gasteiger partial charge in [0.15, 0.2) is 5.82 Å². The normalized spacial score (nSPS) is 29.3. The monoisotopic (exact) mass is 239 g/mol. The maximum absolute atomic E-state index is 9.56. The molecule has 2 unspecified atom stereocenters. The number of aromatic nitrogens is 3. The Morgan fingerprint density at radius 1 is 1.44 bits per heavy atom. The summed E-state index contributed by atoms with van der Waals surface area (Å²) in [5.74, 6) is 5.35. The molecule has 0 aliphatic carbocycles. The molecule has 3 heterocycles. The Morgan fingerprint density at radius 3 is 3.19 bits per heavy atom. The molecule has 3 rings (SSSR count). The zero-order valence-corrected chi connectivity index (χ0v) is 10.1. The van der Waals surface area contributed by atoms with Crippen molar-refractivity contribution < 1.29 is 5.11 Å². The number of fused-ring (bicyclic) bond motifs is 1. The van der Waals surface area contributed by atoms with E-state index < -0.39 is 0 Å². The van der Waals surface area contributed by atoms with Gasteiger partial charge in [0.1, 0.15) is 5.82 Å². The number of thioether (sulfide) groups is 1. The third-order valence-electron chi connectivity index (χ3n) is 3.37. The Morgan fingerprint density at radius 2 is 2.38 bits per heavy atom. The first-order chi connectivity index (χ1) is 7.81. The first-order valence-electron chi connectivity index (χ1n) is 5.99. The van der Waals surface area contributed by atoms with Crippen LogP contribution in [0.1, 0.15) is 24.5 Å². The molecule has 0 radical (unpaired) electrons. The van der Waals surface area contributed by atoms with E-state index in [1.165, 1.54) is 17.9 Å². The quantitative estimate of drug-likeness (QED) is 0.832. The lowest BCUT2D eigenvalue weighted by atomic mass is 10.1. The van der Waals surface area contributed by atoms with Crippen molar-refractivity contribution in [1.82, 2.24) is 14.8 Å². The van der Waals surface area contributed by atoms with Gasteiger partial charge in [0, 0.05) is 12.8 Å². The molecule has 1 aromatic rings. The average molecular weight is 239 g/mol. The van der Waals surface area contributed by atoms with Crippen molar-refractivity contribution in [2.45, 2.75) is 38.3 Å². The largest absolute Gasteiger partial charge is 0.391 e. The summed E-state index contributed by atoms with van der Waals surface area (Å²) >= 11 is 2.03. The van der Waals surface area contributed by atoms with Gasteiger partial charge in [-0.25, -0.2) is 9.67 Å². The van der Waals surface area contributed by atoms with E-state index in [4.69, 9.17) is 0 Å². The highest BCUT2D eigenvalue weighted by atomic mass is 32.2. The van der Waals surface area contributed by atoms with Crippen LogP contribution in [0.2, 0.25) is 0 Å². The van der Waals surface area contributed by atoms with Crippen molar-refractivity contribution in [3.63, 3.8) is 0 Å². The molecule has 1 saturated heterocycles. The van der Waals surface area contributed by atoms with Crippen LogP contribution >= 0.6 is 11.8 Å². The van der Waals surface area contributed by atoms with Crippen LogP contribution in [0.15, 0.2) is 0 Å². The minimum absolute atomic E-state index is 0.232. The van der Waals surface area contributed by atoms with E-state index in [1.54, 1.807) is 0 Å². The van der Waals surface area contributed by atoms with E-state index in [9.17, 15) is 5.11 Å². The van der Waals surface area contributed by atoms with E-state index in [-0.39, 0.29) is 6.10 Å². The van der Waals surface area contributed by atoms with Crippen LogP contribution in [0, 0.1) is 5.92 Å². The second-order valence-corrected chi connectivity index (χ2v) is 5.90. The van der Waals surface area contributed by atoms with Gasteiger partial charge in [0.25, 0.3) is 0 Å². The highest BCUT2D eigenvalue weighted by Gasteiger charge is 2.22. The molecular formula is C11H17N3OS. The number of rotatable bonds is 2. The van der Waals surface area contributed by atoms with E-state index in [1.807, 2.05) is 16.4 Å². The fourth-order valence-electron chi connectivity index (χ4n) is 2.43. The van der Waals surface area contributed by atoms with Gasteiger partial charge in [-0.1, -0.05) is 0 Å². The van der Waals surface area contributed by atoms with Gasteiger partial charge >= 0.3 is 0 Å². The molecule has 1 fully saturated rings. The molecule has 5 heteroatoms. The van der Waals surface area contributed by atoms with E-state index in [2.05, 4.69) is 10.1 Å². The third kappa shape index (κ3) is 2.11. The SMILES string of the molecule is OC1CCc2nc(CC3CCSC3)nn2C1. The molecule has 0 spiro atoms. The second-order valence-electron chi connectivity index (χ2n) is 4.75. The molecule has 0 amide bonds. The summed E-state index contributed by atoms with van der Waals surface area (Å²) in [5, 5.41) is 14.1. The Kier molecular flexibility index (Phi) is 2.90. The van der Waals surface area contributed by atoms with E-state index >= 15 is 0 Å². The van der Waals surface area contributed by atoms with Crippen molar-refractivity contribution in [2.24, 2.45) is 5.92 Å². The predicted molar refractivity (Wildman–Crippen MR) is 63.5 cm³/mol. The number of hydrogen-bond donors (Lipinski definition) is 1. The Hall–Kier alpha value is -0.550. The number of aryl methyl sites for hydroxylation is 1. The highest BCUT2D eigenvalue weighted by Crippen LogP contribution is 2.26. The van der Waals surface area contributed by atoms with Gasteiger partial charge in [-0.3, -0.25) is 0 Å². The highest BCUT2D eigenvalue weighted by molar-refractivity contribution is 7.99. The van der Waals surface area contributed by atoms with Crippen molar-refractivity contribution in [3.8, 4) is 0 Å². The zero-order valence-electron chi connectivity index (χ0n) is 9.30. The average Bonchev–Trinajstić information content (AvgIpc) is 2.86. The van der Waals surface area contributed by atoms with Crippen molar-refractivity contribution in [1.29, 1.82) is 0 Å². The summed E-state index contributed by atoms with van der Waals surface area (Å²) in [4.78, 5) is 4.58. The molecule has 0 saturated carbocycles. The maximum Gasteiger partial charge on any atom is 0.151 e. The molecule has 2 atom stereocenters. The molecule has 1 aromatic heterocycles. The van der Waals surface area contributed by atoms with E-state index in [0.29, 0.717) is 6.54 Å². The minimum atomic E-state index is -0.232. The van der Waals surface area contributed by atoms with Gasteiger partial charge in [0.2, 0.25) is 0 Å². The summed E-state index contributed by atoms with van der Waals surface area (Å²) in [7, 11) is 0. The van der Waals surface area contributed by atoms with Crippen LogP contribution in [0.4, 0.5) is 0 Å². The summed E-state index contributed by atoms with van der Waals surface area (Å²) in [6.07, 6.45) is 3.79. The van der Waals surface area contributed by atoms with Crippen LogP contribution in [0.5, 0.6) is 0 Å². The zero-order chi connectivity index (χ0) is 11.0. The molecule has 88 valence electrons. The number of hydrogen-bond acceptors (Lipinski definition) is 4. The summed E-state index contributed by atoms with van der Waals surface area (Å²) in [5.41, 5.74) is 0. The summed E-state index contributed by atoms with van der Waals surface area (Å²) < 4.78 is 1.89. The molecule has 2 aliphatic rings.